The van der Waals surface area contributed by atoms with Crippen molar-refractivity contribution in [2.45, 2.75) is 49.0 Å². The Balaban J connectivity index is 1.42. The van der Waals surface area contributed by atoms with Crippen molar-refractivity contribution < 1.29 is 19.8 Å². The van der Waals surface area contributed by atoms with E-state index in [0.717, 1.165) is 25.1 Å². The molecule has 1 amide bonds. The molecule has 0 radical (unpaired) electrons. The van der Waals surface area contributed by atoms with Gasteiger partial charge in [0, 0.05) is 36.1 Å². The fourth-order valence-electron chi connectivity index (χ4n) is 3.95. The number of rotatable bonds is 7. The number of pyridine rings is 1. The highest BCUT2D eigenvalue weighted by molar-refractivity contribution is 8.23. The Morgan fingerprint density at radius 3 is 3.00 bits per heavy atom. The summed E-state index contributed by atoms with van der Waals surface area (Å²) in [7, 11) is 0. The first-order valence-electron chi connectivity index (χ1n) is 9.45. The van der Waals surface area contributed by atoms with E-state index >= 15 is 0 Å². The molecule has 0 spiro atoms. The maximum atomic E-state index is 12.4. The molecule has 1 aromatic rings. The number of nitrogens with zero attached hydrogens (tertiary/aromatic N) is 2. The number of carboxylic acid groups (broad SMARTS) is 1. The van der Waals surface area contributed by atoms with Crippen LogP contribution in [-0.4, -0.2) is 61.3 Å². The number of nitrogens with one attached hydrogen (secondary N) is 1. The monoisotopic (exact) mass is 421 g/mol. The second-order valence-corrected chi connectivity index (χ2v) is 9.96. The molecule has 4 rings (SSSR count). The molecule has 9 heteroatoms. The molecule has 0 unspecified atom stereocenters. The largest absolute Gasteiger partial charge is 0.477 e. The predicted octanol–water partition coefficient (Wildman–Crippen LogP) is 1.64. The molecule has 3 aliphatic rings. The summed E-state index contributed by atoms with van der Waals surface area (Å²) >= 11 is 2.95. The van der Waals surface area contributed by atoms with Gasteiger partial charge in [0.05, 0.1) is 16.3 Å². The summed E-state index contributed by atoms with van der Waals surface area (Å²) in [6, 6.07) is 6.19. The van der Waals surface area contributed by atoms with E-state index in [9.17, 15) is 19.8 Å². The number of β-lactam (4-membered cyclic amide) rings is 1. The van der Waals surface area contributed by atoms with Crippen LogP contribution in [0.15, 0.2) is 34.3 Å². The summed E-state index contributed by atoms with van der Waals surface area (Å²) in [5.74, 6) is -1.87. The summed E-state index contributed by atoms with van der Waals surface area (Å²) in [5.41, 5.74) is 1.12. The Morgan fingerprint density at radius 1 is 1.50 bits per heavy atom. The normalized spacial score (nSPS) is 30.4. The molecule has 150 valence electrons. The first kappa shape index (κ1) is 19.8. The summed E-state index contributed by atoms with van der Waals surface area (Å²) in [6.07, 6.45) is 3.30. The number of carbonyl (C=O) groups excluding carboxylic acids is 1. The van der Waals surface area contributed by atoms with Gasteiger partial charge in [-0.2, -0.15) is 0 Å². The number of carbonyl (C=O) groups is 2. The highest BCUT2D eigenvalue weighted by Gasteiger charge is 2.58. The summed E-state index contributed by atoms with van der Waals surface area (Å²) in [6.45, 7) is 2.62. The molecule has 28 heavy (non-hydrogen) atoms. The molecule has 0 aromatic carbocycles. The van der Waals surface area contributed by atoms with E-state index in [0.29, 0.717) is 16.7 Å². The van der Waals surface area contributed by atoms with Gasteiger partial charge in [-0.25, -0.2) is 4.79 Å². The molecule has 0 saturated carbocycles. The van der Waals surface area contributed by atoms with Gasteiger partial charge in [-0.1, -0.05) is 24.8 Å². The molecular weight excluding hydrogens is 398 g/mol. The lowest BCUT2D eigenvalue weighted by Gasteiger charge is -2.44. The first-order valence-corrected chi connectivity index (χ1v) is 11.2. The fourth-order valence-corrected chi connectivity index (χ4v) is 7.26. The second kappa shape index (κ2) is 8.06. The van der Waals surface area contributed by atoms with E-state index in [1.54, 1.807) is 6.20 Å². The molecule has 4 heterocycles. The molecule has 3 aliphatic heterocycles. The average molecular weight is 422 g/mol. The van der Waals surface area contributed by atoms with Crippen LogP contribution in [0, 0.1) is 5.92 Å². The smallest absolute Gasteiger partial charge is 0.354 e. The molecular formula is C19H23N3O4S2. The Morgan fingerprint density at radius 2 is 2.32 bits per heavy atom. The zero-order valence-electron chi connectivity index (χ0n) is 15.4. The number of aliphatic hydroxyl groups is 1. The van der Waals surface area contributed by atoms with Crippen LogP contribution >= 0.6 is 23.5 Å². The topological polar surface area (TPSA) is 103 Å². The number of aromatic nitrogens is 1. The van der Waals surface area contributed by atoms with Crippen molar-refractivity contribution in [1.29, 1.82) is 0 Å². The average Bonchev–Trinajstić information content (AvgIpc) is 3.25. The minimum atomic E-state index is -1.08. The first-order chi connectivity index (χ1) is 13.5. The number of hydrogen-bond acceptors (Lipinski definition) is 7. The number of carboxylic acids is 1. The minimum absolute atomic E-state index is 0.0812. The van der Waals surface area contributed by atoms with Crippen LogP contribution < -0.4 is 5.32 Å². The third-order valence-corrected chi connectivity index (χ3v) is 8.25. The van der Waals surface area contributed by atoms with Crippen molar-refractivity contribution in [1.82, 2.24) is 15.2 Å². The Bertz CT molecular complexity index is 804. The van der Waals surface area contributed by atoms with Crippen molar-refractivity contribution in [3.05, 3.63) is 40.0 Å². The third kappa shape index (κ3) is 3.56. The van der Waals surface area contributed by atoms with Crippen molar-refractivity contribution in [3.63, 3.8) is 0 Å². The second-order valence-electron chi connectivity index (χ2n) is 7.27. The zero-order chi connectivity index (χ0) is 19.8. The van der Waals surface area contributed by atoms with E-state index in [4.69, 9.17) is 0 Å². The lowest BCUT2D eigenvalue weighted by molar-refractivity contribution is -0.157. The number of amides is 1. The molecule has 0 bridgehead atoms. The van der Waals surface area contributed by atoms with Crippen molar-refractivity contribution in [2.24, 2.45) is 5.92 Å². The molecule has 1 aromatic heterocycles. The number of aliphatic carboxylic acids is 1. The number of fused-ring (bicyclic) bond motifs is 1. The Labute approximate surface area is 172 Å². The van der Waals surface area contributed by atoms with Gasteiger partial charge in [-0.15, -0.1) is 11.8 Å². The molecule has 5 atom stereocenters. The maximum absolute atomic E-state index is 12.4. The van der Waals surface area contributed by atoms with E-state index in [1.165, 1.54) is 28.4 Å². The number of thioether (sulfide) groups is 2. The fraction of sp³-hybridized carbons (Fsp3) is 0.526. The van der Waals surface area contributed by atoms with Gasteiger partial charge >= 0.3 is 5.97 Å². The Hall–Kier alpha value is -1.55. The minimum Gasteiger partial charge on any atom is -0.477 e. The molecule has 3 N–H and O–H groups in total. The van der Waals surface area contributed by atoms with Gasteiger partial charge < -0.3 is 15.5 Å². The van der Waals surface area contributed by atoms with Crippen molar-refractivity contribution in [3.8, 4) is 0 Å². The standard InChI is InChI=1S/C19H23N3O4S2/c1-2-13(23)14-16(24)22-15(18(25)26)19(28-17(14)22)27-12-8-11(21-9-12)7-10-5-3-4-6-20-10/h3-6,11-14,17,21,23H,2,7-9H2,1H3,(H,25,26)/t11-,12+,13+,14-,17-/m1/s1. The van der Waals surface area contributed by atoms with Crippen LogP contribution in [0.4, 0.5) is 0 Å². The van der Waals surface area contributed by atoms with Crippen LogP contribution in [0.25, 0.3) is 0 Å². The van der Waals surface area contributed by atoms with Gasteiger partial charge in [0.15, 0.2) is 5.70 Å². The van der Waals surface area contributed by atoms with Crippen LogP contribution in [-0.2, 0) is 16.0 Å². The van der Waals surface area contributed by atoms with Crippen LogP contribution in [0.3, 0.4) is 0 Å². The SMILES string of the molecule is CC[C@H](O)[C@@H]1C(=O)N2C(C(=O)O)=C(S[C@@H]3CN[C@H](Cc4ccccn4)C3)S[C@H]12. The molecule has 2 fully saturated rings. The van der Waals surface area contributed by atoms with E-state index < -0.39 is 18.0 Å². The maximum Gasteiger partial charge on any atom is 0.354 e. The van der Waals surface area contributed by atoms with Gasteiger partial charge in [-0.05, 0) is 25.0 Å². The quantitative estimate of drug-likeness (QED) is 0.571. The third-order valence-electron chi connectivity index (χ3n) is 5.42. The van der Waals surface area contributed by atoms with Gasteiger partial charge in [-0.3, -0.25) is 14.7 Å². The summed E-state index contributed by atoms with van der Waals surface area (Å²) < 4.78 is 0.682. The summed E-state index contributed by atoms with van der Waals surface area (Å²) in [5, 5.41) is 23.2. The highest BCUT2D eigenvalue weighted by atomic mass is 32.2. The lowest BCUT2D eigenvalue weighted by Crippen LogP contribution is -2.61. The lowest BCUT2D eigenvalue weighted by atomic mass is 9.90. The highest BCUT2D eigenvalue weighted by Crippen LogP contribution is 2.55. The van der Waals surface area contributed by atoms with E-state index in [2.05, 4.69) is 10.3 Å². The predicted molar refractivity (Wildman–Crippen MR) is 108 cm³/mol. The zero-order valence-corrected chi connectivity index (χ0v) is 17.1. The van der Waals surface area contributed by atoms with Crippen LogP contribution in [0.5, 0.6) is 0 Å². The van der Waals surface area contributed by atoms with Gasteiger partial charge in [0.1, 0.15) is 5.37 Å². The molecule has 0 aliphatic carbocycles. The van der Waals surface area contributed by atoms with Gasteiger partial charge in [0.25, 0.3) is 0 Å². The Kier molecular flexibility index (Phi) is 5.69. The van der Waals surface area contributed by atoms with Crippen LogP contribution in [0.1, 0.15) is 25.5 Å². The van der Waals surface area contributed by atoms with Crippen molar-refractivity contribution in [2.75, 3.05) is 6.54 Å². The van der Waals surface area contributed by atoms with E-state index in [-0.39, 0.29) is 22.2 Å². The number of hydrogen-bond donors (Lipinski definition) is 3. The summed E-state index contributed by atoms with van der Waals surface area (Å²) in [4.78, 5) is 30.0. The van der Waals surface area contributed by atoms with Gasteiger partial charge in [0.2, 0.25) is 5.91 Å². The molecule has 2 saturated heterocycles. The van der Waals surface area contributed by atoms with Crippen molar-refractivity contribution >= 4 is 35.4 Å². The number of aliphatic hydroxyl groups excluding tert-OH is 1. The van der Waals surface area contributed by atoms with E-state index in [1.807, 2.05) is 25.1 Å². The molecule has 7 nitrogen and oxygen atoms in total. The van der Waals surface area contributed by atoms with Crippen LogP contribution in [0.2, 0.25) is 0 Å².